The van der Waals surface area contributed by atoms with Gasteiger partial charge in [0.05, 0.1) is 13.2 Å². The Morgan fingerprint density at radius 1 is 1.05 bits per heavy atom. The van der Waals surface area contributed by atoms with Crippen LogP contribution in [0.1, 0.15) is 6.42 Å². The smallest absolute Gasteiger partial charge is 0.127 e. The van der Waals surface area contributed by atoms with Crippen molar-refractivity contribution in [3.05, 3.63) is 54.6 Å². The van der Waals surface area contributed by atoms with Gasteiger partial charge < -0.3 is 15.2 Å². The van der Waals surface area contributed by atoms with E-state index in [9.17, 15) is 0 Å². The molecule has 2 rings (SSSR count). The van der Waals surface area contributed by atoms with Crippen molar-refractivity contribution in [1.82, 2.24) is 5.32 Å². The molecular formula is C17H21NO2. The molecule has 2 N–H and O–H groups in total. The predicted octanol–water partition coefficient (Wildman–Crippen LogP) is 2.70. The minimum absolute atomic E-state index is 0.0823. The van der Waals surface area contributed by atoms with Crippen LogP contribution < -0.4 is 10.1 Å². The van der Waals surface area contributed by atoms with E-state index in [2.05, 4.69) is 23.5 Å². The zero-order valence-electron chi connectivity index (χ0n) is 11.8. The van der Waals surface area contributed by atoms with Crippen LogP contribution in [0.2, 0.25) is 0 Å². The number of ether oxygens (including phenoxy) is 1. The van der Waals surface area contributed by atoms with Gasteiger partial charge in [-0.2, -0.15) is 0 Å². The van der Waals surface area contributed by atoms with Gasteiger partial charge in [-0.3, -0.25) is 0 Å². The molecule has 2 aromatic carbocycles. The molecule has 0 radical (unpaired) electrons. The van der Waals surface area contributed by atoms with Crippen molar-refractivity contribution in [3.8, 4) is 16.9 Å². The summed E-state index contributed by atoms with van der Waals surface area (Å²) in [4.78, 5) is 0. The first kappa shape index (κ1) is 14.6. The van der Waals surface area contributed by atoms with Crippen molar-refractivity contribution >= 4 is 0 Å². The van der Waals surface area contributed by atoms with Gasteiger partial charge in [0, 0.05) is 11.6 Å². The first-order valence-corrected chi connectivity index (χ1v) is 6.90. The molecule has 3 nitrogen and oxygen atoms in total. The van der Waals surface area contributed by atoms with Crippen molar-refractivity contribution in [2.24, 2.45) is 0 Å². The lowest BCUT2D eigenvalue weighted by Crippen LogP contribution is -2.30. The van der Waals surface area contributed by atoms with Gasteiger partial charge in [-0.15, -0.1) is 0 Å². The number of aliphatic hydroxyl groups excluding tert-OH is 1. The highest BCUT2D eigenvalue weighted by Gasteiger charge is 2.07. The SMILES string of the molecule is CNC(CO)CCOc1ccccc1-c1ccccc1. The zero-order chi connectivity index (χ0) is 14.2. The standard InChI is InChI=1S/C17H21NO2/c1-18-15(13-19)11-12-20-17-10-6-5-9-16(17)14-7-3-2-4-8-14/h2-10,15,18-19H,11-13H2,1H3. The Hall–Kier alpha value is -1.84. The maximum atomic E-state index is 9.14. The molecule has 0 saturated carbocycles. The molecule has 1 atom stereocenters. The van der Waals surface area contributed by atoms with E-state index in [-0.39, 0.29) is 12.6 Å². The van der Waals surface area contributed by atoms with Crippen LogP contribution in [-0.4, -0.2) is 31.4 Å². The number of aliphatic hydroxyl groups is 1. The minimum atomic E-state index is 0.0823. The van der Waals surface area contributed by atoms with E-state index >= 15 is 0 Å². The van der Waals surface area contributed by atoms with Crippen LogP contribution in [0.15, 0.2) is 54.6 Å². The number of hydrogen-bond acceptors (Lipinski definition) is 3. The first-order chi connectivity index (χ1) is 9.85. The largest absolute Gasteiger partial charge is 0.493 e. The number of rotatable bonds is 7. The fourth-order valence-corrected chi connectivity index (χ4v) is 2.09. The van der Waals surface area contributed by atoms with Gasteiger partial charge in [0.1, 0.15) is 5.75 Å². The van der Waals surface area contributed by atoms with Crippen LogP contribution in [0.3, 0.4) is 0 Å². The van der Waals surface area contributed by atoms with Crippen molar-refractivity contribution in [1.29, 1.82) is 0 Å². The van der Waals surface area contributed by atoms with Crippen LogP contribution in [0.4, 0.5) is 0 Å². The quantitative estimate of drug-likeness (QED) is 0.813. The summed E-state index contributed by atoms with van der Waals surface area (Å²) in [5.74, 6) is 0.881. The van der Waals surface area contributed by atoms with E-state index in [0.717, 1.165) is 23.3 Å². The highest BCUT2D eigenvalue weighted by molar-refractivity contribution is 5.70. The summed E-state index contributed by atoms with van der Waals surface area (Å²) in [6.07, 6.45) is 0.774. The number of para-hydroxylation sites is 1. The van der Waals surface area contributed by atoms with Crippen molar-refractivity contribution < 1.29 is 9.84 Å². The second-order valence-corrected chi connectivity index (χ2v) is 4.67. The van der Waals surface area contributed by atoms with E-state index in [1.54, 1.807) is 0 Å². The van der Waals surface area contributed by atoms with Gasteiger partial charge in [0.2, 0.25) is 0 Å². The van der Waals surface area contributed by atoms with Crippen molar-refractivity contribution in [2.75, 3.05) is 20.3 Å². The van der Waals surface area contributed by atoms with Gasteiger partial charge in [-0.1, -0.05) is 48.5 Å². The van der Waals surface area contributed by atoms with Gasteiger partial charge in [-0.25, -0.2) is 0 Å². The lowest BCUT2D eigenvalue weighted by molar-refractivity contribution is 0.214. The van der Waals surface area contributed by atoms with E-state index in [4.69, 9.17) is 9.84 Å². The van der Waals surface area contributed by atoms with Crippen LogP contribution >= 0.6 is 0 Å². The van der Waals surface area contributed by atoms with E-state index in [0.29, 0.717) is 6.61 Å². The molecule has 0 aliphatic rings. The Bertz CT molecular complexity index is 509. The van der Waals surface area contributed by atoms with Gasteiger partial charge in [-0.05, 0) is 25.1 Å². The van der Waals surface area contributed by atoms with E-state index in [1.807, 2.05) is 43.4 Å². The fourth-order valence-electron chi connectivity index (χ4n) is 2.09. The van der Waals surface area contributed by atoms with Crippen LogP contribution in [0.5, 0.6) is 5.75 Å². The molecule has 0 bridgehead atoms. The Labute approximate surface area is 120 Å². The number of benzene rings is 2. The average Bonchev–Trinajstić information content (AvgIpc) is 2.53. The van der Waals surface area contributed by atoms with Crippen molar-refractivity contribution in [2.45, 2.75) is 12.5 Å². The fraction of sp³-hybridized carbons (Fsp3) is 0.294. The monoisotopic (exact) mass is 271 g/mol. The zero-order valence-corrected chi connectivity index (χ0v) is 11.8. The van der Waals surface area contributed by atoms with Crippen LogP contribution in [-0.2, 0) is 0 Å². The number of nitrogens with one attached hydrogen (secondary N) is 1. The normalized spacial score (nSPS) is 12.1. The van der Waals surface area contributed by atoms with Gasteiger partial charge in [0.15, 0.2) is 0 Å². The van der Waals surface area contributed by atoms with E-state index < -0.39 is 0 Å². The summed E-state index contributed by atoms with van der Waals surface area (Å²) in [5, 5.41) is 12.2. The summed E-state index contributed by atoms with van der Waals surface area (Å²) in [7, 11) is 1.85. The predicted molar refractivity (Wildman–Crippen MR) is 81.9 cm³/mol. The second-order valence-electron chi connectivity index (χ2n) is 4.67. The van der Waals surface area contributed by atoms with Crippen LogP contribution in [0.25, 0.3) is 11.1 Å². The molecule has 2 aromatic rings. The Balaban J connectivity index is 2.05. The average molecular weight is 271 g/mol. The highest BCUT2D eigenvalue weighted by Crippen LogP contribution is 2.29. The molecule has 0 fully saturated rings. The summed E-state index contributed by atoms with van der Waals surface area (Å²) < 4.78 is 5.87. The molecule has 0 amide bonds. The molecule has 0 aromatic heterocycles. The third-order valence-corrected chi connectivity index (χ3v) is 3.32. The molecular weight excluding hydrogens is 250 g/mol. The number of likely N-dealkylation sites (N-methyl/N-ethyl adjacent to an activating group) is 1. The third-order valence-electron chi connectivity index (χ3n) is 3.32. The topological polar surface area (TPSA) is 41.5 Å². The highest BCUT2D eigenvalue weighted by atomic mass is 16.5. The first-order valence-electron chi connectivity index (χ1n) is 6.90. The summed E-state index contributed by atoms with van der Waals surface area (Å²) >= 11 is 0. The third kappa shape index (κ3) is 3.83. The van der Waals surface area contributed by atoms with Crippen LogP contribution in [0, 0.1) is 0 Å². The van der Waals surface area contributed by atoms with Gasteiger partial charge in [0.25, 0.3) is 0 Å². The second kappa shape index (κ2) is 7.68. The molecule has 0 aliphatic heterocycles. The maximum Gasteiger partial charge on any atom is 0.127 e. The summed E-state index contributed by atoms with van der Waals surface area (Å²) in [5.41, 5.74) is 2.24. The Morgan fingerprint density at radius 2 is 1.75 bits per heavy atom. The summed E-state index contributed by atoms with van der Waals surface area (Å²) in [6.45, 7) is 0.704. The lowest BCUT2D eigenvalue weighted by Gasteiger charge is -2.15. The Kier molecular flexibility index (Phi) is 5.59. The lowest BCUT2D eigenvalue weighted by atomic mass is 10.1. The van der Waals surface area contributed by atoms with Gasteiger partial charge >= 0.3 is 0 Å². The molecule has 20 heavy (non-hydrogen) atoms. The molecule has 0 aliphatic carbocycles. The molecule has 0 spiro atoms. The molecule has 0 saturated heterocycles. The van der Waals surface area contributed by atoms with E-state index in [1.165, 1.54) is 0 Å². The number of hydrogen-bond donors (Lipinski definition) is 2. The minimum Gasteiger partial charge on any atom is -0.493 e. The molecule has 3 heteroatoms. The molecule has 1 unspecified atom stereocenters. The Morgan fingerprint density at radius 3 is 2.45 bits per heavy atom. The maximum absolute atomic E-state index is 9.14. The summed E-state index contributed by atoms with van der Waals surface area (Å²) in [6, 6.07) is 18.3. The molecule has 0 heterocycles. The van der Waals surface area contributed by atoms with Crippen molar-refractivity contribution in [3.63, 3.8) is 0 Å². The molecule has 106 valence electrons.